The second-order valence-corrected chi connectivity index (χ2v) is 3.69. The summed E-state index contributed by atoms with van der Waals surface area (Å²) < 4.78 is 37.6. The minimum absolute atomic E-state index is 0.588. The summed E-state index contributed by atoms with van der Waals surface area (Å²) in [6, 6.07) is 2.35. The van der Waals surface area contributed by atoms with Gasteiger partial charge in [0.1, 0.15) is 7.85 Å². The van der Waals surface area contributed by atoms with Crippen molar-refractivity contribution in [3.8, 4) is 0 Å². The van der Waals surface area contributed by atoms with Gasteiger partial charge in [0.2, 0.25) is 0 Å². The fourth-order valence-corrected chi connectivity index (χ4v) is 1.71. The fourth-order valence-electron chi connectivity index (χ4n) is 1.71. The van der Waals surface area contributed by atoms with E-state index >= 15 is 0 Å². The van der Waals surface area contributed by atoms with E-state index in [9.17, 15) is 13.2 Å². The van der Waals surface area contributed by atoms with Crippen molar-refractivity contribution in [1.29, 1.82) is 0 Å². The van der Waals surface area contributed by atoms with Crippen molar-refractivity contribution in [3.05, 3.63) is 29.5 Å². The predicted molar refractivity (Wildman–Crippen MR) is 56.2 cm³/mol. The van der Waals surface area contributed by atoms with E-state index in [4.69, 9.17) is 0 Å². The molecule has 1 N–H and O–H groups in total. The molecular weight excluding hydrogens is 202 g/mol. The molecule has 0 bridgehead atoms. The molecule has 1 nitrogen and oxygen atoms in total. The number of aromatic amines is 1. The smallest absolute Gasteiger partial charge is 0.361 e. The Morgan fingerprint density at radius 1 is 1.27 bits per heavy atom. The molecular formula is C10H9BF3N. The molecule has 1 aromatic heterocycles. The van der Waals surface area contributed by atoms with E-state index in [1.54, 1.807) is 21.0 Å². The Morgan fingerprint density at radius 2 is 1.93 bits per heavy atom. The highest BCUT2D eigenvalue weighted by molar-refractivity contribution is 6.38. The Hall–Kier alpha value is -1.39. The van der Waals surface area contributed by atoms with Crippen LogP contribution in [0.2, 0.25) is 0 Å². The summed E-state index contributed by atoms with van der Waals surface area (Å²) in [5.74, 6) is 0. The third kappa shape index (κ3) is 1.62. The van der Waals surface area contributed by atoms with Gasteiger partial charge < -0.3 is 4.98 Å². The summed E-state index contributed by atoms with van der Waals surface area (Å²) in [4.78, 5) is 2.97. The van der Waals surface area contributed by atoms with Crippen molar-refractivity contribution in [3.63, 3.8) is 0 Å². The summed E-state index contributed by atoms with van der Waals surface area (Å²) in [5, 5.41) is 0.641. The lowest BCUT2D eigenvalue weighted by Crippen LogP contribution is -2.12. The normalized spacial score (nSPS) is 12.3. The maximum atomic E-state index is 12.5. The predicted octanol–water partition coefficient (Wildman–Crippen LogP) is 1.75. The largest absolute Gasteiger partial charge is 0.416 e. The molecule has 2 rings (SSSR count). The summed E-state index contributed by atoms with van der Waals surface area (Å²) >= 11 is 0. The lowest BCUT2D eigenvalue weighted by atomic mass is 9.91. The second-order valence-electron chi connectivity index (χ2n) is 3.69. The van der Waals surface area contributed by atoms with E-state index in [2.05, 4.69) is 4.98 Å². The quantitative estimate of drug-likeness (QED) is 0.639. The first-order chi connectivity index (χ1) is 6.89. The van der Waals surface area contributed by atoms with Crippen molar-refractivity contribution in [2.24, 2.45) is 0 Å². The first kappa shape index (κ1) is 10.1. The lowest BCUT2D eigenvalue weighted by molar-refractivity contribution is -0.137. The summed E-state index contributed by atoms with van der Waals surface area (Å²) in [5.41, 5.74) is 1.64. The number of rotatable bonds is 0. The number of aryl methyl sites for hydroxylation is 1. The maximum absolute atomic E-state index is 12.5. The third-order valence-electron chi connectivity index (χ3n) is 2.52. The number of nitrogens with one attached hydrogen (secondary N) is 1. The SMILES string of the molecule is Bc1cc(C(F)(F)F)cc2c(C)c[nH]c12. The zero-order chi connectivity index (χ0) is 11.2. The molecule has 0 unspecified atom stereocenters. The number of hydrogen-bond acceptors (Lipinski definition) is 0. The lowest BCUT2D eigenvalue weighted by Gasteiger charge is -2.08. The second kappa shape index (κ2) is 3.05. The first-order valence-electron chi connectivity index (χ1n) is 4.55. The molecule has 0 fully saturated rings. The van der Waals surface area contributed by atoms with Gasteiger partial charge in [-0.15, -0.1) is 0 Å². The van der Waals surface area contributed by atoms with Crippen LogP contribution in [0.5, 0.6) is 0 Å². The van der Waals surface area contributed by atoms with Crippen LogP contribution in [-0.4, -0.2) is 12.8 Å². The molecule has 0 saturated heterocycles. The van der Waals surface area contributed by atoms with Crippen LogP contribution < -0.4 is 5.46 Å². The minimum Gasteiger partial charge on any atom is -0.361 e. The molecule has 5 heteroatoms. The van der Waals surface area contributed by atoms with E-state index in [1.807, 2.05) is 0 Å². The van der Waals surface area contributed by atoms with Gasteiger partial charge in [0.25, 0.3) is 0 Å². The number of alkyl halides is 3. The number of H-pyrrole nitrogens is 1. The van der Waals surface area contributed by atoms with E-state index in [0.29, 0.717) is 10.8 Å². The first-order valence-corrected chi connectivity index (χ1v) is 4.55. The molecule has 1 heterocycles. The van der Waals surface area contributed by atoms with Crippen molar-refractivity contribution in [2.45, 2.75) is 13.1 Å². The van der Waals surface area contributed by atoms with Crippen molar-refractivity contribution in [2.75, 3.05) is 0 Å². The topological polar surface area (TPSA) is 15.8 Å². The Balaban J connectivity index is 2.76. The zero-order valence-electron chi connectivity index (χ0n) is 8.37. The van der Waals surface area contributed by atoms with E-state index in [1.165, 1.54) is 6.07 Å². The van der Waals surface area contributed by atoms with Gasteiger partial charge in [-0.05, 0) is 18.6 Å². The van der Waals surface area contributed by atoms with Gasteiger partial charge in [0.15, 0.2) is 0 Å². The molecule has 0 atom stereocenters. The van der Waals surface area contributed by atoms with Crippen LogP contribution in [0.15, 0.2) is 18.3 Å². The summed E-state index contributed by atoms with van der Waals surface area (Å²) in [6.07, 6.45) is -2.56. The average Bonchev–Trinajstić information content (AvgIpc) is 2.47. The Bertz CT molecular complexity index is 513. The molecule has 0 saturated carbocycles. The standard InChI is InChI=1S/C10H9BF3N/c1-5-4-15-9-7(5)2-6(3-8(9)11)10(12,13)14/h2-4,15H,11H2,1H3. The van der Waals surface area contributed by atoms with Gasteiger partial charge in [0.05, 0.1) is 5.56 Å². The van der Waals surface area contributed by atoms with Crippen LogP contribution >= 0.6 is 0 Å². The third-order valence-corrected chi connectivity index (χ3v) is 2.52. The van der Waals surface area contributed by atoms with E-state index in [-0.39, 0.29) is 0 Å². The number of aromatic nitrogens is 1. The van der Waals surface area contributed by atoms with Gasteiger partial charge in [-0.3, -0.25) is 0 Å². The maximum Gasteiger partial charge on any atom is 0.416 e. The minimum atomic E-state index is -4.28. The highest BCUT2D eigenvalue weighted by Gasteiger charge is 2.31. The van der Waals surface area contributed by atoms with Crippen LogP contribution in [-0.2, 0) is 6.18 Å². The van der Waals surface area contributed by atoms with E-state index < -0.39 is 11.7 Å². The molecule has 0 amide bonds. The van der Waals surface area contributed by atoms with Crippen molar-refractivity contribution >= 4 is 24.2 Å². The van der Waals surface area contributed by atoms with Crippen LogP contribution in [0.3, 0.4) is 0 Å². The van der Waals surface area contributed by atoms with Crippen LogP contribution in [0.25, 0.3) is 10.9 Å². The molecule has 78 valence electrons. The number of benzene rings is 1. The number of hydrogen-bond donors (Lipinski definition) is 1. The average molecular weight is 211 g/mol. The van der Waals surface area contributed by atoms with Crippen LogP contribution in [0.1, 0.15) is 11.1 Å². The summed E-state index contributed by atoms with van der Waals surface area (Å²) in [6.45, 7) is 1.79. The molecule has 2 aromatic rings. The Kier molecular flexibility index (Phi) is 2.06. The molecule has 0 aliphatic rings. The molecule has 0 spiro atoms. The zero-order valence-corrected chi connectivity index (χ0v) is 8.37. The Morgan fingerprint density at radius 3 is 2.53 bits per heavy atom. The van der Waals surface area contributed by atoms with Gasteiger partial charge in [-0.25, -0.2) is 0 Å². The van der Waals surface area contributed by atoms with Crippen LogP contribution in [0, 0.1) is 6.92 Å². The van der Waals surface area contributed by atoms with Crippen LogP contribution in [0.4, 0.5) is 13.2 Å². The molecule has 0 aliphatic carbocycles. The fraction of sp³-hybridized carbons (Fsp3) is 0.200. The highest BCUT2D eigenvalue weighted by Crippen LogP contribution is 2.31. The van der Waals surface area contributed by atoms with Crippen molar-refractivity contribution in [1.82, 2.24) is 4.98 Å². The molecule has 0 radical (unpaired) electrons. The number of fused-ring (bicyclic) bond motifs is 1. The van der Waals surface area contributed by atoms with Gasteiger partial charge in [-0.1, -0.05) is 11.5 Å². The number of halogens is 3. The Labute approximate surface area is 85.7 Å². The molecule has 0 aliphatic heterocycles. The molecule has 1 aromatic carbocycles. The highest BCUT2D eigenvalue weighted by atomic mass is 19.4. The van der Waals surface area contributed by atoms with E-state index in [0.717, 1.165) is 17.1 Å². The van der Waals surface area contributed by atoms with Gasteiger partial charge in [-0.2, -0.15) is 13.2 Å². The van der Waals surface area contributed by atoms with Gasteiger partial charge in [0, 0.05) is 17.1 Å². The van der Waals surface area contributed by atoms with Crippen molar-refractivity contribution < 1.29 is 13.2 Å². The monoisotopic (exact) mass is 211 g/mol. The molecule has 15 heavy (non-hydrogen) atoms. The summed E-state index contributed by atoms with van der Waals surface area (Å²) in [7, 11) is 1.67. The van der Waals surface area contributed by atoms with Gasteiger partial charge >= 0.3 is 6.18 Å².